The van der Waals surface area contributed by atoms with Gasteiger partial charge in [0.1, 0.15) is 5.60 Å². The van der Waals surface area contributed by atoms with Crippen LogP contribution in [0.15, 0.2) is 60.8 Å². The third-order valence-corrected chi connectivity index (χ3v) is 5.32. The van der Waals surface area contributed by atoms with Crippen molar-refractivity contribution in [1.82, 2.24) is 10.2 Å². The molecule has 164 valence electrons. The van der Waals surface area contributed by atoms with Crippen LogP contribution in [-0.2, 0) is 10.3 Å². The molecule has 1 saturated carbocycles. The normalized spacial score (nSPS) is 15.6. The van der Waals surface area contributed by atoms with Crippen molar-refractivity contribution in [3.63, 3.8) is 0 Å². The van der Waals surface area contributed by atoms with E-state index in [-0.39, 0.29) is 11.3 Å². The van der Waals surface area contributed by atoms with Crippen molar-refractivity contribution in [3.8, 4) is 0 Å². The molecule has 0 aromatic heterocycles. The number of allylic oxidation sites excluding steroid dienone is 1. The molecule has 1 aliphatic carbocycles. The highest BCUT2D eigenvalue weighted by molar-refractivity contribution is 6.28. The number of hydrogen-bond acceptors (Lipinski definition) is 4. The van der Waals surface area contributed by atoms with Crippen LogP contribution in [0, 0.1) is 0 Å². The number of carbonyl (C=O) groups excluding carboxylic acids is 2. The Morgan fingerprint density at radius 2 is 1.58 bits per heavy atom. The molecule has 0 spiro atoms. The maximum absolute atomic E-state index is 13.3. The number of alkyl carbamates (subject to hydrolysis) is 1. The van der Waals surface area contributed by atoms with Crippen LogP contribution in [0.3, 0.4) is 0 Å². The first-order valence-corrected chi connectivity index (χ1v) is 10.7. The number of nitrogens with zero attached hydrogens (tertiary/aromatic N) is 1. The number of carbonyl (C=O) groups is 2. The van der Waals surface area contributed by atoms with Crippen molar-refractivity contribution < 1.29 is 14.3 Å². The Labute approximate surface area is 185 Å². The second-order valence-corrected chi connectivity index (χ2v) is 9.39. The van der Waals surface area contributed by atoms with Crippen LogP contribution >= 0.6 is 0 Å². The molecule has 1 amide bonds. The Balaban J connectivity index is 1.83. The van der Waals surface area contributed by atoms with E-state index < -0.39 is 11.7 Å². The first-order valence-electron chi connectivity index (χ1n) is 10.7. The van der Waals surface area contributed by atoms with Crippen LogP contribution < -0.4 is 5.32 Å². The lowest BCUT2D eigenvalue weighted by Gasteiger charge is -2.42. The summed E-state index contributed by atoms with van der Waals surface area (Å²) < 4.78 is 5.85. The summed E-state index contributed by atoms with van der Waals surface area (Å²) in [5.74, 6) is -0.0412. The van der Waals surface area contributed by atoms with E-state index in [1.54, 1.807) is 0 Å². The molecule has 0 atom stereocenters. The molecule has 0 heterocycles. The summed E-state index contributed by atoms with van der Waals surface area (Å²) in [4.78, 5) is 27.5. The van der Waals surface area contributed by atoms with Gasteiger partial charge < -0.3 is 15.0 Å². The fourth-order valence-electron chi connectivity index (χ4n) is 3.68. The summed E-state index contributed by atoms with van der Waals surface area (Å²) >= 11 is 0. The number of benzene rings is 2. The molecule has 3 rings (SSSR count). The molecule has 5 nitrogen and oxygen atoms in total. The lowest BCUT2D eigenvalue weighted by Crippen LogP contribution is -2.47. The van der Waals surface area contributed by atoms with Crippen molar-refractivity contribution >= 4 is 17.4 Å². The van der Waals surface area contributed by atoms with Gasteiger partial charge in [-0.2, -0.15) is 0 Å². The van der Waals surface area contributed by atoms with E-state index in [2.05, 4.69) is 5.32 Å². The SMILES string of the molecule is CN(C)/C=C(/C(=O)c1ccc(C2(OC(=O)NC(C)(C)C)CCC2)cc1)c1ccccc1. The predicted octanol–water partition coefficient (Wildman–Crippen LogP) is 5.38. The van der Waals surface area contributed by atoms with Crippen LogP contribution in [0.2, 0.25) is 0 Å². The largest absolute Gasteiger partial charge is 0.438 e. The molecule has 0 aliphatic heterocycles. The summed E-state index contributed by atoms with van der Waals surface area (Å²) in [6.45, 7) is 5.77. The molecule has 1 fully saturated rings. The number of nitrogens with one attached hydrogen (secondary N) is 1. The van der Waals surface area contributed by atoms with Crippen molar-refractivity contribution in [2.45, 2.75) is 51.2 Å². The molecular formula is C26H32N2O3. The molecular weight excluding hydrogens is 388 g/mol. The van der Waals surface area contributed by atoms with Crippen LogP contribution in [0.1, 0.15) is 61.5 Å². The predicted molar refractivity (Wildman–Crippen MR) is 124 cm³/mol. The van der Waals surface area contributed by atoms with Gasteiger partial charge in [-0.1, -0.05) is 54.6 Å². The van der Waals surface area contributed by atoms with Crippen molar-refractivity contribution in [3.05, 3.63) is 77.5 Å². The Kier molecular flexibility index (Phi) is 6.54. The Morgan fingerprint density at radius 3 is 2.06 bits per heavy atom. The third-order valence-electron chi connectivity index (χ3n) is 5.32. The van der Waals surface area contributed by atoms with E-state index >= 15 is 0 Å². The maximum atomic E-state index is 13.3. The monoisotopic (exact) mass is 420 g/mol. The van der Waals surface area contributed by atoms with Crippen LogP contribution in [0.4, 0.5) is 4.79 Å². The fourth-order valence-corrected chi connectivity index (χ4v) is 3.68. The molecule has 0 radical (unpaired) electrons. The third kappa shape index (κ3) is 5.54. The topological polar surface area (TPSA) is 58.6 Å². The molecule has 1 aliphatic rings. The molecule has 0 bridgehead atoms. The van der Waals surface area contributed by atoms with Gasteiger partial charge in [0.2, 0.25) is 0 Å². The molecule has 5 heteroatoms. The van der Waals surface area contributed by atoms with E-state index in [0.717, 1.165) is 30.4 Å². The summed E-state index contributed by atoms with van der Waals surface area (Å²) in [6.07, 6.45) is 4.01. The Hall–Kier alpha value is -3.08. The number of Topliss-reactive ketones (excluding diaryl/α,β-unsaturated/α-hetero) is 1. The molecule has 31 heavy (non-hydrogen) atoms. The first kappa shape index (κ1) is 22.6. The number of hydrogen-bond donors (Lipinski definition) is 1. The van der Waals surface area contributed by atoms with E-state index in [9.17, 15) is 9.59 Å². The summed E-state index contributed by atoms with van der Waals surface area (Å²) in [7, 11) is 3.80. The Morgan fingerprint density at radius 1 is 0.968 bits per heavy atom. The first-order chi connectivity index (χ1) is 14.6. The van der Waals surface area contributed by atoms with Gasteiger partial charge >= 0.3 is 6.09 Å². The number of ketones is 1. The number of amides is 1. The maximum Gasteiger partial charge on any atom is 0.408 e. The lowest BCUT2D eigenvalue weighted by molar-refractivity contribution is -0.0549. The van der Waals surface area contributed by atoms with Crippen molar-refractivity contribution in [2.24, 2.45) is 0 Å². The van der Waals surface area contributed by atoms with Gasteiger partial charge in [-0.05, 0) is 51.2 Å². The minimum absolute atomic E-state index is 0.0412. The fraction of sp³-hybridized carbons (Fsp3) is 0.385. The van der Waals surface area contributed by atoms with Gasteiger partial charge in [-0.3, -0.25) is 4.79 Å². The van der Waals surface area contributed by atoms with Gasteiger partial charge in [0, 0.05) is 37.0 Å². The van der Waals surface area contributed by atoms with Crippen LogP contribution in [-0.4, -0.2) is 36.4 Å². The highest BCUT2D eigenvalue weighted by Gasteiger charge is 2.43. The molecule has 0 saturated heterocycles. The van der Waals surface area contributed by atoms with Gasteiger partial charge in [0.15, 0.2) is 5.78 Å². The summed E-state index contributed by atoms with van der Waals surface area (Å²) in [5.41, 5.74) is 2.08. The zero-order valence-corrected chi connectivity index (χ0v) is 19.1. The molecule has 2 aromatic rings. The smallest absolute Gasteiger partial charge is 0.408 e. The van der Waals surface area contributed by atoms with E-state index in [1.807, 2.05) is 101 Å². The van der Waals surface area contributed by atoms with Crippen LogP contribution in [0.25, 0.3) is 5.57 Å². The minimum atomic E-state index is -0.612. The average molecular weight is 421 g/mol. The van der Waals surface area contributed by atoms with Gasteiger partial charge in [0.05, 0.1) is 0 Å². The van der Waals surface area contributed by atoms with Gasteiger partial charge in [0.25, 0.3) is 0 Å². The zero-order valence-electron chi connectivity index (χ0n) is 19.1. The van der Waals surface area contributed by atoms with Crippen molar-refractivity contribution in [1.29, 1.82) is 0 Å². The summed E-state index contributed by atoms with van der Waals surface area (Å²) in [6, 6.07) is 17.1. The molecule has 2 aromatic carbocycles. The van der Waals surface area contributed by atoms with Crippen molar-refractivity contribution in [2.75, 3.05) is 14.1 Å². The van der Waals surface area contributed by atoms with E-state index in [4.69, 9.17) is 4.74 Å². The minimum Gasteiger partial charge on any atom is -0.438 e. The standard InChI is InChI=1S/C26H32N2O3/c1-25(2,3)27-24(30)31-26(16-9-17-26)21-14-12-20(13-15-21)23(29)22(18-28(4)5)19-10-7-6-8-11-19/h6-8,10-15,18H,9,16-17H2,1-5H3,(H,27,30)/b22-18+. The average Bonchev–Trinajstić information content (AvgIpc) is 2.68. The van der Waals surface area contributed by atoms with E-state index in [0.29, 0.717) is 11.1 Å². The zero-order chi connectivity index (χ0) is 22.6. The second kappa shape index (κ2) is 8.96. The van der Waals surface area contributed by atoms with Gasteiger partial charge in [-0.15, -0.1) is 0 Å². The highest BCUT2D eigenvalue weighted by atomic mass is 16.6. The van der Waals surface area contributed by atoms with Gasteiger partial charge in [-0.25, -0.2) is 4.79 Å². The second-order valence-electron chi connectivity index (χ2n) is 9.39. The number of rotatable bonds is 6. The molecule has 1 N–H and O–H groups in total. The van der Waals surface area contributed by atoms with E-state index in [1.165, 1.54) is 0 Å². The number of ether oxygens (including phenoxy) is 1. The molecule has 0 unspecified atom stereocenters. The van der Waals surface area contributed by atoms with Crippen LogP contribution in [0.5, 0.6) is 0 Å². The Bertz CT molecular complexity index is 950. The highest BCUT2D eigenvalue weighted by Crippen LogP contribution is 2.45. The lowest BCUT2D eigenvalue weighted by atomic mass is 9.74. The summed E-state index contributed by atoms with van der Waals surface area (Å²) in [5, 5.41) is 2.87. The quantitative estimate of drug-likeness (QED) is 0.504.